The lowest BCUT2D eigenvalue weighted by Gasteiger charge is -2.36. The van der Waals surface area contributed by atoms with Crippen LogP contribution in [-0.2, 0) is 0 Å². The normalized spacial score (nSPS) is 14.9. The standard InChI is InChI=1S/C16H25NO/c1-6-14(13-10-8-7-9-11-13)16(4,5)15(17-18)12(2)3/h7-12,14,18H,6H2,1-5H3/b17-15+. The van der Waals surface area contributed by atoms with Crippen molar-refractivity contribution in [3.63, 3.8) is 0 Å². The number of nitrogens with zero attached hydrogens (tertiary/aromatic N) is 1. The van der Waals surface area contributed by atoms with Crippen molar-refractivity contribution in [3.05, 3.63) is 35.9 Å². The average Bonchev–Trinajstić information content (AvgIpc) is 2.30. The predicted octanol–water partition coefficient (Wildman–Crippen LogP) is 4.69. The van der Waals surface area contributed by atoms with Crippen LogP contribution >= 0.6 is 0 Å². The predicted molar refractivity (Wildman–Crippen MR) is 77.3 cm³/mol. The fraction of sp³-hybridized carbons (Fsp3) is 0.562. The van der Waals surface area contributed by atoms with Crippen LogP contribution in [0.3, 0.4) is 0 Å². The van der Waals surface area contributed by atoms with Gasteiger partial charge in [-0.3, -0.25) is 0 Å². The van der Waals surface area contributed by atoms with Gasteiger partial charge < -0.3 is 5.21 Å². The maximum absolute atomic E-state index is 9.31. The molecule has 1 N–H and O–H groups in total. The molecule has 0 aliphatic rings. The van der Waals surface area contributed by atoms with Crippen molar-refractivity contribution in [3.8, 4) is 0 Å². The molecule has 2 heteroatoms. The molecule has 0 saturated carbocycles. The van der Waals surface area contributed by atoms with Crippen LogP contribution in [-0.4, -0.2) is 10.9 Å². The van der Waals surface area contributed by atoms with Gasteiger partial charge in [-0.05, 0) is 23.8 Å². The summed E-state index contributed by atoms with van der Waals surface area (Å²) in [7, 11) is 0. The molecule has 0 aliphatic heterocycles. The first kappa shape index (κ1) is 14.7. The summed E-state index contributed by atoms with van der Waals surface area (Å²) in [4.78, 5) is 0. The Hall–Kier alpha value is -1.31. The van der Waals surface area contributed by atoms with Gasteiger partial charge in [0.2, 0.25) is 0 Å². The number of benzene rings is 1. The van der Waals surface area contributed by atoms with Crippen LogP contribution in [0.4, 0.5) is 0 Å². The van der Waals surface area contributed by atoms with Crippen LogP contribution in [0.15, 0.2) is 35.5 Å². The summed E-state index contributed by atoms with van der Waals surface area (Å²) in [5, 5.41) is 12.9. The molecule has 0 saturated heterocycles. The van der Waals surface area contributed by atoms with E-state index < -0.39 is 0 Å². The molecule has 0 aromatic heterocycles. The monoisotopic (exact) mass is 247 g/mol. The Morgan fingerprint density at radius 2 is 1.78 bits per heavy atom. The fourth-order valence-electron chi connectivity index (χ4n) is 3.01. The van der Waals surface area contributed by atoms with E-state index in [-0.39, 0.29) is 11.3 Å². The second-order valence-corrected chi connectivity index (χ2v) is 5.73. The zero-order valence-corrected chi connectivity index (χ0v) is 12.1. The van der Waals surface area contributed by atoms with Crippen molar-refractivity contribution >= 4 is 5.71 Å². The zero-order chi connectivity index (χ0) is 13.8. The van der Waals surface area contributed by atoms with Gasteiger partial charge in [0.15, 0.2) is 0 Å². The van der Waals surface area contributed by atoms with Crippen molar-refractivity contribution < 1.29 is 5.21 Å². The van der Waals surface area contributed by atoms with Crippen LogP contribution in [0.25, 0.3) is 0 Å². The second-order valence-electron chi connectivity index (χ2n) is 5.73. The molecule has 0 bridgehead atoms. The molecule has 0 fully saturated rings. The van der Waals surface area contributed by atoms with E-state index in [1.165, 1.54) is 5.56 Å². The highest BCUT2D eigenvalue weighted by atomic mass is 16.4. The third kappa shape index (κ3) is 2.92. The summed E-state index contributed by atoms with van der Waals surface area (Å²) in [6.45, 7) is 10.7. The van der Waals surface area contributed by atoms with E-state index in [0.717, 1.165) is 12.1 Å². The summed E-state index contributed by atoms with van der Waals surface area (Å²) >= 11 is 0. The lowest BCUT2D eigenvalue weighted by atomic mass is 9.68. The Balaban J connectivity index is 3.15. The molecule has 0 aliphatic carbocycles. The first-order chi connectivity index (χ1) is 8.45. The topological polar surface area (TPSA) is 32.6 Å². The van der Waals surface area contributed by atoms with Crippen LogP contribution < -0.4 is 0 Å². The molecule has 1 atom stereocenters. The highest BCUT2D eigenvalue weighted by molar-refractivity contribution is 5.91. The van der Waals surface area contributed by atoms with Crippen molar-refractivity contribution in [2.45, 2.75) is 47.0 Å². The molecule has 1 aromatic rings. The Bertz CT molecular complexity index is 393. The van der Waals surface area contributed by atoms with E-state index in [1.807, 2.05) is 6.07 Å². The Morgan fingerprint density at radius 1 is 1.22 bits per heavy atom. The van der Waals surface area contributed by atoms with Gasteiger partial charge in [-0.2, -0.15) is 0 Å². The summed E-state index contributed by atoms with van der Waals surface area (Å²) in [6.07, 6.45) is 1.03. The zero-order valence-electron chi connectivity index (χ0n) is 12.1. The van der Waals surface area contributed by atoms with Gasteiger partial charge in [-0.25, -0.2) is 0 Å². The van der Waals surface area contributed by atoms with Gasteiger partial charge in [0.05, 0.1) is 5.71 Å². The number of hydrogen-bond donors (Lipinski definition) is 1. The van der Waals surface area contributed by atoms with Crippen molar-refractivity contribution in [2.75, 3.05) is 0 Å². The number of rotatable bonds is 5. The molecule has 1 unspecified atom stereocenters. The Labute approximate surface area is 111 Å². The summed E-state index contributed by atoms with van der Waals surface area (Å²) in [6, 6.07) is 10.5. The summed E-state index contributed by atoms with van der Waals surface area (Å²) < 4.78 is 0. The van der Waals surface area contributed by atoms with E-state index in [2.05, 4.69) is 64.0 Å². The minimum absolute atomic E-state index is 0.140. The first-order valence-corrected chi connectivity index (χ1v) is 6.72. The van der Waals surface area contributed by atoms with E-state index >= 15 is 0 Å². The van der Waals surface area contributed by atoms with E-state index in [1.54, 1.807) is 0 Å². The van der Waals surface area contributed by atoms with Crippen LogP contribution in [0.1, 0.15) is 52.5 Å². The molecular weight excluding hydrogens is 222 g/mol. The molecule has 1 aromatic carbocycles. The third-order valence-corrected chi connectivity index (χ3v) is 3.80. The van der Waals surface area contributed by atoms with Gasteiger partial charge in [0.25, 0.3) is 0 Å². The Morgan fingerprint density at radius 3 is 2.17 bits per heavy atom. The largest absolute Gasteiger partial charge is 0.411 e. The minimum atomic E-state index is -0.140. The summed E-state index contributed by atoms with van der Waals surface area (Å²) in [5.41, 5.74) is 2.05. The summed E-state index contributed by atoms with van der Waals surface area (Å²) in [5.74, 6) is 0.620. The van der Waals surface area contributed by atoms with Gasteiger partial charge >= 0.3 is 0 Å². The molecular formula is C16H25NO. The lowest BCUT2D eigenvalue weighted by molar-refractivity contribution is 0.291. The maximum atomic E-state index is 9.31. The highest BCUT2D eigenvalue weighted by Gasteiger charge is 2.36. The van der Waals surface area contributed by atoms with Crippen LogP contribution in [0.5, 0.6) is 0 Å². The molecule has 100 valence electrons. The minimum Gasteiger partial charge on any atom is -0.411 e. The third-order valence-electron chi connectivity index (χ3n) is 3.80. The van der Waals surface area contributed by atoms with E-state index in [9.17, 15) is 5.21 Å². The number of hydrogen-bond acceptors (Lipinski definition) is 2. The molecule has 1 rings (SSSR count). The molecule has 0 spiro atoms. The first-order valence-electron chi connectivity index (χ1n) is 6.72. The quantitative estimate of drug-likeness (QED) is 0.457. The SMILES string of the molecule is CCC(c1ccccc1)C(C)(C)/C(=N/O)C(C)C. The van der Waals surface area contributed by atoms with Gasteiger partial charge in [-0.15, -0.1) is 0 Å². The fourth-order valence-corrected chi connectivity index (χ4v) is 3.01. The highest BCUT2D eigenvalue weighted by Crippen LogP contribution is 2.40. The molecule has 2 nitrogen and oxygen atoms in total. The van der Waals surface area contributed by atoms with Crippen LogP contribution in [0.2, 0.25) is 0 Å². The lowest BCUT2D eigenvalue weighted by Crippen LogP contribution is -2.34. The van der Waals surface area contributed by atoms with Crippen LogP contribution in [0, 0.1) is 11.3 Å². The molecule has 18 heavy (non-hydrogen) atoms. The van der Waals surface area contributed by atoms with E-state index in [4.69, 9.17) is 0 Å². The van der Waals surface area contributed by atoms with Gasteiger partial charge in [-0.1, -0.05) is 70.1 Å². The molecule has 0 amide bonds. The maximum Gasteiger partial charge on any atom is 0.0658 e. The molecule has 0 radical (unpaired) electrons. The van der Waals surface area contributed by atoms with E-state index in [0.29, 0.717) is 5.92 Å². The smallest absolute Gasteiger partial charge is 0.0658 e. The van der Waals surface area contributed by atoms with Gasteiger partial charge in [0.1, 0.15) is 0 Å². The second kappa shape index (κ2) is 6.03. The average molecular weight is 247 g/mol. The van der Waals surface area contributed by atoms with Crippen molar-refractivity contribution in [2.24, 2.45) is 16.5 Å². The number of oxime groups is 1. The van der Waals surface area contributed by atoms with Crippen molar-refractivity contribution in [1.29, 1.82) is 0 Å². The Kier molecular flexibility index (Phi) is 4.94. The van der Waals surface area contributed by atoms with Crippen molar-refractivity contribution in [1.82, 2.24) is 0 Å². The van der Waals surface area contributed by atoms with Gasteiger partial charge in [0, 0.05) is 5.41 Å². The molecule has 0 heterocycles.